The average molecular weight is 491 g/mol. The van der Waals surface area contributed by atoms with E-state index in [2.05, 4.69) is 0 Å². The molecule has 192 valence electrons. The van der Waals surface area contributed by atoms with Gasteiger partial charge in [-0.2, -0.15) is 0 Å². The molecular formula is C25H34N2O8. The number of carbonyl (C=O) groups excluding carboxylic acids is 1. The summed E-state index contributed by atoms with van der Waals surface area (Å²) in [6, 6.07) is 6.81. The Labute approximate surface area is 205 Å². The van der Waals surface area contributed by atoms with Crippen LogP contribution in [0.25, 0.3) is 0 Å². The number of nitro benzene ring substituents is 1. The second kappa shape index (κ2) is 13.3. The molecule has 0 saturated heterocycles. The Hall–Kier alpha value is -3.69. The van der Waals surface area contributed by atoms with Crippen molar-refractivity contribution in [3.8, 4) is 28.7 Å². The molecule has 0 heterocycles. The van der Waals surface area contributed by atoms with Crippen molar-refractivity contribution in [3.05, 3.63) is 45.5 Å². The molecule has 0 aliphatic carbocycles. The maximum atomic E-state index is 13.6. The molecule has 0 aliphatic rings. The van der Waals surface area contributed by atoms with Gasteiger partial charge in [0.1, 0.15) is 5.56 Å². The van der Waals surface area contributed by atoms with E-state index in [-0.39, 0.29) is 29.4 Å². The summed E-state index contributed by atoms with van der Waals surface area (Å²) in [5, 5.41) is 12.0. The smallest absolute Gasteiger partial charge is 0.327 e. The summed E-state index contributed by atoms with van der Waals surface area (Å²) in [6.45, 7) is 7.44. The Bertz CT molecular complexity index is 1030. The van der Waals surface area contributed by atoms with Crippen LogP contribution in [0.2, 0.25) is 0 Å². The van der Waals surface area contributed by atoms with Crippen LogP contribution in [0, 0.1) is 10.1 Å². The summed E-state index contributed by atoms with van der Waals surface area (Å²) in [6.07, 6.45) is 1.51. The highest BCUT2D eigenvalue weighted by Crippen LogP contribution is 2.46. The number of nitro groups is 1. The molecule has 0 unspecified atom stereocenters. The minimum atomic E-state index is -0.648. The van der Waals surface area contributed by atoms with E-state index in [9.17, 15) is 14.9 Å². The first-order chi connectivity index (χ1) is 16.9. The summed E-state index contributed by atoms with van der Waals surface area (Å²) < 4.78 is 27.3. The van der Waals surface area contributed by atoms with Crippen LogP contribution in [0.3, 0.4) is 0 Å². The molecule has 0 N–H and O–H groups in total. The predicted octanol–water partition coefficient (Wildman–Crippen LogP) is 4.86. The van der Waals surface area contributed by atoms with Gasteiger partial charge in [-0.05, 0) is 37.5 Å². The summed E-state index contributed by atoms with van der Waals surface area (Å²) in [5.74, 6) is 0.720. The molecule has 0 aliphatic heterocycles. The van der Waals surface area contributed by atoms with Crippen LogP contribution in [0.5, 0.6) is 28.7 Å². The van der Waals surface area contributed by atoms with Crippen molar-refractivity contribution in [2.45, 2.75) is 40.2 Å². The molecule has 1 amide bonds. The van der Waals surface area contributed by atoms with Gasteiger partial charge in [-0.3, -0.25) is 14.9 Å². The molecule has 10 nitrogen and oxygen atoms in total. The van der Waals surface area contributed by atoms with E-state index < -0.39 is 16.5 Å². The van der Waals surface area contributed by atoms with Gasteiger partial charge in [-0.15, -0.1) is 0 Å². The normalized spacial score (nSPS) is 10.5. The molecule has 2 aromatic carbocycles. The van der Waals surface area contributed by atoms with Gasteiger partial charge >= 0.3 is 5.69 Å². The van der Waals surface area contributed by atoms with Crippen molar-refractivity contribution in [2.75, 3.05) is 41.1 Å². The maximum absolute atomic E-state index is 13.6. The second-order valence-electron chi connectivity index (χ2n) is 7.59. The van der Waals surface area contributed by atoms with Crippen molar-refractivity contribution < 1.29 is 33.4 Å². The van der Waals surface area contributed by atoms with E-state index in [1.807, 2.05) is 39.0 Å². The van der Waals surface area contributed by atoms with Gasteiger partial charge in [0, 0.05) is 19.2 Å². The molecule has 0 saturated carbocycles. The van der Waals surface area contributed by atoms with Crippen LogP contribution < -0.4 is 23.7 Å². The lowest BCUT2D eigenvalue weighted by Gasteiger charge is -2.24. The summed E-state index contributed by atoms with van der Waals surface area (Å²) in [7, 11) is 4.01. The largest absolute Gasteiger partial charge is 0.493 e. The zero-order valence-electron chi connectivity index (χ0n) is 21.2. The van der Waals surface area contributed by atoms with Gasteiger partial charge in [-0.1, -0.05) is 19.9 Å². The number of amides is 1. The lowest BCUT2D eigenvalue weighted by molar-refractivity contribution is -0.386. The molecule has 2 aromatic rings. The number of rotatable bonds is 14. The molecule has 0 aromatic heterocycles. The molecule has 0 bridgehead atoms. The highest BCUT2D eigenvalue weighted by Gasteiger charge is 2.34. The first-order valence-electron chi connectivity index (χ1n) is 11.5. The van der Waals surface area contributed by atoms with Crippen molar-refractivity contribution in [3.63, 3.8) is 0 Å². The lowest BCUT2D eigenvalue weighted by atomic mass is 10.1. The summed E-state index contributed by atoms with van der Waals surface area (Å²) in [5.41, 5.74) is 0.176. The summed E-state index contributed by atoms with van der Waals surface area (Å²) >= 11 is 0. The topological polar surface area (TPSA) is 110 Å². The zero-order valence-corrected chi connectivity index (χ0v) is 21.2. The Balaban J connectivity index is 2.52. The number of carbonyl (C=O) groups is 1. The third-order valence-electron chi connectivity index (χ3n) is 5.14. The van der Waals surface area contributed by atoms with E-state index in [1.54, 1.807) is 4.90 Å². The van der Waals surface area contributed by atoms with E-state index >= 15 is 0 Å². The van der Waals surface area contributed by atoms with Crippen LogP contribution >= 0.6 is 0 Å². The standard InChI is InChI=1S/C25H34N2O8/c1-7-12-26(16-17-10-11-19(35-13-8-2)20(14-17)34-9-3)25(28)18-15-21(31-4)23(32-5)24(33-6)22(18)27(29)30/h10-11,14-15H,7-9,12-13,16H2,1-6H3. The number of nitrogens with zero attached hydrogens (tertiary/aromatic N) is 2. The van der Waals surface area contributed by atoms with Crippen molar-refractivity contribution in [2.24, 2.45) is 0 Å². The van der Waals surface area contributed by atoms with Gasteiger partial charge in [0.15, 0.2) is 17.2 Å². The highest BCUT2D eigenvalue weighted by molar-refractivity contribution is 6.00. The third kappa shape index (κ3) is 6.46. The third-order valence-corrected chi connectivity index (χ3v) is 5.14. The molecule has 0 fully saturated rings. The Morgan fingerprint density at radius 3 is 2.17 bits per heavy atom. The second-order valence-corrected chi connectivity index (χ2v) is 7.59. The first kappa shape index (κ1) is 27.6. The number of hydrogen-bond acceptors (Lipinski definition) is 8. The predicted molar refractivity (Wildman–Crippen MR) is 131 cm³/mol. The SMILES string of the molecule is CCCOc1ccc(CN(CCC)C(=O)c2cc(OC)c(OC)c(OC)c2[N+](=O)[O-])cc1OCC. The molecule has 0 radical (unpaired) electrons. The fourth-order valence-corrected chi connectivity index (χ4v) is 3.65. The fraction of sp³-hybridized carbons (Fsp3) is 0.480. The maximum Gasteiger partial charge on any atom is 0.327 e. The minimum absolute atomic E-state index is 0.0457. The molecular weight excluding hydrogens is 456 g/mol. The van der Waals surface area contributed by atoms with Crippen molar-refractivity contribution in [1.29, 1.82) is 0 Å². The van der Waals surface area contributed by atoms with E-state index in [4.69, 9.17) is 23.7 Å². The lowest BCUT2D eigenvalue weighted by Crippen LogP contribution is -2.32. The summed E-state index contributed by atoms with van der Waals surface area (Å²) in [4.78, 5) is 26.5. The van der Waals surface area contributed by atoms with Crippen molar-refractivity contribution >= 4 is 11.6 Å². The van der Waals surface area contributed by atoms with Gasteiger partial charge in [0.25, 0.3) is 5.91 Å². The quantitative estimate of drug-likeness (QED) is 0.273. The zero-order chi connectivity index (χ0) is 26.0. The highest BCUT2D eigenvalue weighted by atomic mass is 16.6. The van der Waals surface area contributed by atoms with Crippen LogP contribution in [0.15, 0.2) is 24.3 Å². The van der Waals surface area contributed by atoms with Gasteiger partial charge in [0.05, 0.1) is 39.5 Å². The van der Waals surface area contributed by atoms with Gasteiger partial charge in [-0.25, -0.2) is 0 Å². The molecule has 0 spiro atoms. The number of methoxy groups -OCH3 is 3. The number of hydrogen-bond donors (Lipinski definition) is 0. The molecule has 0 atom stereocenters. The van der Waals surface area contributed by atoms with E-state index in [0.717, 1.165) is 12.0 Å². The van der Waals surface area contributed by atoms with E-state index in [0.29, 0.717) is 37.7 Å². The van der Waals surface area contributed by atoms with Gasteiger partial charge < -0.3 is 28.6 Å². The fourth-order valence-electron chi connectivity index (χ4n) is 3.65. The van der Waals surface area contributed by atoms with Gasteiger partial charge in [0.2, 0.25) is 11.5 Å². The molecule has 10 heteroatoms. The first-order valence-corrected chi connectivity index (χ1v) is 11.5. The van der Waals surface area contributed by atoms with Crippen LogP contribution in [0.4, 0.5) is 5.69 Å². The monoisotopic (exact) mass is 490 g/mol. The molecule has 2 rings (SSSR count). The number of benzene rings is 2. The Morgan fingerprint density at radius 1 is 0.914 bits per heavy atom. The Morgan fingerprint density at radius 2 is 1.63 bits per heavy atom. The van der Waals surface area contributed by atoms with Crippen molar-refractivity contribution in [1.82, 2.24) is 4.90 Å². The minimum Gasteiger partial charge on any atom is -0.493 e. The molecule has 35 heavy (non-hydrogen) atoms. The van der Waals surface area contributed by atoms with Crippen LogP contribution in [-0.4, -0.2) is 56.8 Å². The number of ether oxygens (including phenoxy) is 5. The Kier molecular flexibility index (Phi) is 10.4. The van der Waals surface area contributed by atoms with Crippen LogP contribution in [-0.2, 0) is 6.54 Å². The average Bonchev–Trinajstić information content (AvgIpc) is 2.86. The van der Waals surface area contributed by atoms with E-state index in [1.165, 1.54) is 27.4 Å². The van der Waals surface area contributed by atoms with Crippen LogP contribution in [0.1, 0.15) is 49.5 Å².